The predicted molar refractivity (Wildman–Crippen MR) is 160 cm³/mol. The maximum atomic E-state index is 11.9. The zero-order chi connectivity index (χ0) is 29.3. The average molecular weight is 597 g/mol. The number of halogens is 2. The van der Waals surface area contributed by atoms with Crippen LogP contribution in [-0.4, -0.2) is 36.0 Å². The quantitative estimate of drug-likeness (QED) is 0.156. The standard InChI is InChI=1S/C30H30Cl2N4O5/c1-17-7-5-10-22(36(37)38)29(17)33-30-25-20(26-27(31)23(40-3)15-24(41-4)28(26)32)8-6-9-21(25)35(34-30)16-18-11-13-19(39-2)14-12-18/h5,7,10-15,20H,6,8-9,16H2,1-4H3,(H,33,34). The number of nitrogens with zero attached hydrogens (tertiary/aromatic N) is 3. The predicted octanol–water partition coefficient (Wildman–Crippen LogP) is 7.69. The fourth-order valence-electron chi connectivity index (χ4n) is 5.47. The number of hydrogen-bond acceptors (Lipinski definition) is 7. The highest BCUT2D eigenvalue weighted by atomic mass is 35.5. The van der Waals surface area contributed by atoms with Crippen molar-refractivity contribution in [2.75, 3.05) is 26.6 Å². The molecule has 1 heterocycles. The van der Waals surface area contributed by atoms with Crippen LogP contribution in [0.15, 0.2) is 48.5 Å². The van der Waals surface area contributed by atoms with Crippen molar-refractivity contribution < 1.29 is 19.1 Å². The average Bonchev–Trinajstić information content (AvgIpc) is 3.32. The molecule has 0 radical (unpaired) electrons. The van der Waals surface area contributed by atoms with Gasteiger partial charge >= 0.3 is 0 Å². The van der Waals surface area contributed by atoms with Gasteiger partial charge in [0.15, 0.2) is 5.82 Å². The summed E-state index contributed by atoms with van der Waals surface area (Å²) in [6, 6.07) is 14.4. The third-order valence-electron chi connectivity index (χ3n) is 7.49. The number of rotatable bonds is 9. The molecule has 41 heavy (non-hydrogen) atoms. The largest absolute Gasteiger partial charge is 0.497 e. The summed E-state index contributed by atoms with van der Waals surface area (Å²) in [6.07, 6.45) is 2.37. The van der Waals surface area contributed by atoms with Gasteiger partial charge in [-0.3, -0.25) is 14.8 Å². The molecule has 0 saturated carbocycles. The van der Waals surface area contributed by atoms with Gasteiger partial charge in [0.2, 0.25) is 0 Å². The second kappa shape index (κ2) is 11.9. The van der Waals surface area contributed by atoms with Gasteiger partial charge in [0.25, 0.3) is 5.69 Å². The van der Waals surface area contributed by atoms with Gasteiger partial charge in [-0.25, -0.2) is 0 Å². The molecule has 11 heteroatoms. The summed E-state index contributed by atoms with van der Waals surface area (Å²) in [5.41, 5.74) is 4.69. The van der Waals surface area contributed by atoms with Crippen LogP contribution >= 0.6 is 23.2 Å². The highest BCUT2D eigenvalue weighted by Gasteiger charge is 2.35. The molecule has 9 nitrogen and oxygen atoms in total. The zero-order valence-electron chi connectivity index (χ0n) is 23.2. The van der Waals surface area contributed by atoms with E-state index in [1.54, 1.807) is 33.5 Å². The summed E-state index contributed by atoms with van der Waals surface area (Å²) in [4.78, 5) is 11.5. The van der Waals surface area contributed by atoms with E-state index in [0.717, 1.165) is 47.4 Å². The van der Waals surface area contributed by atoms with Crippen molar-refractivity contribution in [2.45, 2.75) is 38.6 Å². The Hall–Kier alpha value is -3.95. The highest BCUT2D eigenvalue weighted by molar-refractivity contribution is 6.38. The number of benzene rings is 3. The van der Waals surface area contributed by atoms with Gasteiger partial charge in [-0.05, 0) is 49.4 Å². The minimum absolute atomic E-state index is 0.0325. The van der Waals surface area contributed by atoms with Crippen LogP contribution in [0.5, 0.6) is 17.2 Å². The van der Waals surface area contributed by atoms with Crippen LogP contribution in [0.4, 0.5) is 17.2 Å². The lowest BCUT2D eigenvalue weighted by atomic mass is 9.81. The number of nitrogens with one attached hydrogen (secondary N) is 1. The van der Waals surface area contributed by atoms with Gasteiger partial charge in [-0.1, -0.05) is 47.5 Å². The minimum atomic E-state index is -0.395. The van der Waals surface area contributed by atoms with Crippen LogP contribution in [0.2, 0.25) is 10.0 Å². The maximum absolute atomic E-state index is 11.9. The van der Waals surface area contributed by atoms with Crippen molar-refractivity contribution in [1.82, 2.24) is 9.78 Å². The molecule has 4 aromatic rings. The molecule has 5 rings (SSSR count). The van der Waals surface area contributed by atoms with Crippen LogP contribution in [0.1, 0.15) is 46.7 Å². The van der Waals surface area contributed by atoms with Gasteiger partial charge < -0.3 is 19.5 Å². The normalized spacial score (nSPS) is 14.3. The number of ether oxygens (including phenoxy) is 3. The van der Waals surface area contributed by atoms with Gasteiger partial charge in [-0.2, -0.15) is 5.10 Å². The fourth-order valence-corrected chi connectivity index (χ4v) is 6.23. The van der Waals surface area contributed by atoms with Crippen molar-refractivity contribution in [3.05, 3.63) is 96.6 Å². The number of hydrogen-bond donors (Lipinski definition) is 1. The maximum Gasteiger partial charge on any atom is 0.292 e. The molecule has 0 aliphatic heterocycles. The fraction of sp³-hybridized carbons (Fsp3) is 0.300. The Kier molecular flexibility index (Phi) is 8.28. The smallest absolute Gasteiger partial charge is 0.292 e. The van der Waals surface area contributed by atoms with E-state index < -0.39 is 4.92 Å². The summed E-state index contributed by atoms with van der Waals surface area (Å²) < 4.78 is 18.4. The first-order chi connectivity index (χ1) is 19.8. The van der Waals surface area contributed by atoms with E-state index in [0.29, 0.717) is 45.2 Å². The molecule has 0 fully saturated rings. The molecule has 214 valence electrons. The lowest BCUT2D eigenvalue weighted by molar-refractivity contribution is -0.384. The van der Waals surface area contributed by atoms with E-state index in [1.165, 1.54) is 6.07 Å². The lowest BCUT2D eigenvalue weighted by Gasteiger charge is -2.27. The van der Waals surface area contributed by atoms with E-state index in [1.807, 2.05) is 41.9 Å². The first kappa shape index (κ1) is 28.6. The highest BCUT2D eigenvalue weighted by Crippen LogP contribution is 2.51. The molecular weight excluding hydrogens is 567 g/mol. The molecule has 0 bridgehead atoms. The molecule has 1 atom stereocenters. The summed E-state index contributed by atoms with van der Waals surface area (Å²) >= 11 is 13.8. The SMILES string of the molecule is COc1ccc(Cn2nc(Nc3c(C)cccc3[N+](=O)[O-])c3c2CCCC3c2c(Cl)c(OC)cc(OC)c2Cl)cc1. The van der Waals surface area contributed by atoms with E-state index in [4.69, 9.17) is 42.5 Å². The first-order valence-corrected chi connectivity index (χ1v) is 13.9. The Morgan fingerprint density at radius 1 is 1.02 bits per heavy atom. The molecule has 1 N–H and O–H groups in total. The number of anilines is 2. The molecule has 0 spiro atoms. The van der Waals surface area contributed by atoms with Crippen LogP contribution in [0.3, 0.4) is 0 Å². The van der Waals surface area contributed by atoms with Gasteiger partial charge in [0.05, 0.1) is 42.8 Å². The number of nitro groups is 1. The van der Waals surface area contributed by atoms with Crippen molar-refractivity contribution >= 4 is 40.4 Å². The van der Waals surface area contributed by atoms with Crippen molar-refractivity contribution in [3.63, 3.8) is 0 Å². The van der Waals surface area contributed by atoms with Crippen molar-refractivity contribution in [3.8, 4) is 17.2 Å². The molecule has 1 aromatic heterocycles. The first-order valence-electron chi connectivity index (χ1n) is 13.1. The van der Waals surface area contributed by atoms with Crippen LogP contribution in [-0.2, 0) is 13.0 Å². The summed E-state index contributed by atoms with van der Waals surface area (Å²) in [5.74, 6) is 1.92. The Bertz CT molecular complexity index is 1580. The summed E-state index contributed by atoms with van der Waals surface area (Å²) in [7, 11) is 4.72. The summed E-state index contributed by atoms with van der Waals surface area (Å²) in [6.45, 7) is 2.33. The number of methoxy groups -OCH3 is 3. The van der Waals surface area contributed by atoms with E-state index in [9.17, 15) is 10.1 Å². The van der Waals surface area contributed by atoms with Crippen LogP contribution in [0, 0.1) is 17.0 Å². The molecule has 3 aromatic carbocycles. The lowest BCUT2D eigenvalue weighted by Crippen LogP contribution is -2.16. The van der Waals surface area contributed by atoms with Crippen molar-refractivity contribution in [1.29, 1.82) is 0 Å². The third-order valence-corrected chi connectivity index (χ3v) is 8.27. The second-order valence-electron chi connectivity index (χ2n) is 9.83. The van der Waals surface area contributed by atoms with Crippen LogP contribution < -0.4 is 19.5 Å². The third kappa shape index (κ3) is 5.39. The Morgan fingerprint density at radius 2 is 1.71 bits per heavy atom. The number of aromatic nitrogens is 2. The van der Waals surface area contributed by atoms with Crippen molar-refractivity contribution in [2.24, 2.45) is 0 Å². The van der Waals surface area contributed by atoms with Gasteiger partial charge in [-0.15, -0.1) is 0 Å². The van der Waals surface area contributed by atoms with Crippen LogP contribution in [0.25, 0.3) is 0 Å². The monoisotopic (exact) mass is 596 g/mol. The second-order valence-corrected chi connectivity index (χ2v) is 10.6. The van der Waals surface area contributed by atoms with E-state index in [2.05, 4.69) is 5.32 Å². The molecule has 0 amide bonds. The molecule has 1 aliphatic carbocycles. The number of para-hydroxylation sites is 1. The zero-order valence-corrected chi connectivity index (χ0v) is 24.7. The van der Waals surface area contributed by atoms with E-state index in [-0.39, 0.29) is 11.6 Å². The minimum Gasteiger partial charge on any atom is -0.497 e. The number of fused-ring (bicyclic) bond motifs is 1. The van der Waals surface area contributed by atoms with Gasteiger partial charge in [0.1, 0.15) is 22.9 Å². The Labute approximate surface area is 248 Å². The Morgan fingerprint density at radius 3 is 2.32 bits per heavy atom. The van der Waals surface area contributed by atoms with E-state index >= 15 is 0 Å². The molecule has 1 aliphatic rings. The Balaban J connectivity index is 1.70. The van der Waals surface area contributed by atoms with Gasteiger partial charge in [0, 0.05) is 34.9 Å². The number of nitro benzene ring substituents is 1. The summed E-state index contributed by atoms with van der Waals surface area (Å²) in [5, 5.41) is 21.0. The molecule has 0 saturated heterocycles. The molecule has 1 unspecified atom stereocenters. The topological polar surface area (TPSA) is 101 Å². The number of aryl methyl sites for hydroxylation is 1. The molecular formula is C30H30Cl2N4O5.